The third-order valence-electron chi connectivity index (χ3n) is 2.45. The molecular weight excluding hydrogens is 146 g/mol. The first kappa shape index (κ1) is 9.79. The van der Waals surface area contributed by atoms with E-state index in [-0.39, 0.29) is 0 Å². The normalized spacial score (nSPS) is 24.9. The lowest BCUT2D eigenvalue weighted by molar-refractivity contribution is 0.403. The van der Waals surface area contributed by atoms with Crippen LogP contribution in [0, 0.1) is 0 Å². The van der Waals surface area contributed by atoms with Gasteiger partial charge in [-0.25, -0.2) is 0 Å². The lowest BCUT2D eigenvalue weighted by Gasteiger charge is -2.21. The summed E-state index contributed by atoms with van der Waals surface area (Å²) in [6, 6.07) is 0.770. The van der Waals surface area contributed by atoms with Gasteiger partial charge in [0.25, 0.3) is 0 Å². The number of unbranched alkanes of at least 4 members (excludes halogenated alkanes) is 1. The zero-order valence-corrected chi connectivity index (χ0v) is 8.18. The maximum absolute atomic E-state index is 3.54. The summed E-state index contributed by atoms with van der Waals surface area (Å²) in [6.45, 7) is 3.45. The molecule has 1 saturated heterocycles. The van der Waals surface area contributed by atoms with Crippen LogP contribution in [0.15, 0.2) is 12.2 Å². The zero-order chi connectivity index (χ0) is 8.65. The van der Waals surface area contributed by atoms with Gasteiger partial charge in [0.15, 0.2) is 0 Å². The van der Waals surface area contributed by atoms with Gasteiger partial charge in [0.1, 0.15) is 0 Å². The molecule has 1 aliphatic rings. The van der Waals surface area contributed by atoms with Gasteiger partial charge in [-0.3, -0.25) is 0 Å². The fourth-order valence-corrected chi connectivity index (χ4v) is 1.67. The molecule has 0 aliphatic carbocycles. The van der Waals surface area contributed by atoms with Gasteiger partial charge in [-0.1, -0.05) is 31.9 Å². The highest BCUT2D eigenvalue weighted by Gasteiger charge is 2.09. The maximum Gasteiger partial charge on any atom is 0.0102 e. The number of nitrogens with one attached hydrogen (secondary N) is 1. The third-order valence-corrected chi connectivity index (χ3v) is 2.45. The van der Waals surface area contributed by atoms with Crippen LogP contribution in [0.5, 0.6) is 0 Å². The minimum atomic E-state index is 0.770. The predicted molar refractivity (Wildman–Crippen MR) is 54.3 cm³/mol. The first-order chi connectivity index (χ1) is 5.93. The average Bonchev–Trinajstić information content (AvgIpc) is 2.14. The molecule has 0 aromatic carbocycles. The second-order valence-corrected chi connectivity index (χ2v) is 3.64. The maximum atomic E-state index is 3.54. The Kier molecular flexibility index (Phi) is 5.09. The number of rotatable bonds is 4. The molecule has 0 bridgehead atoms. The molecule has 0 aromatic heterocycles. The molecule has 1 heteroatoms. The summed E-state index contributed by atoms with van der Waals surface area (Å²) in [4.78, 5) is 0. The fourth-order valence-electron chi connectivity index (χ4n) is 1.67. The van der Waals surface area contributed by atoms with E-state index < -0.39 is 0 Å². The van der Waals surface area contributed by atoms with E-state index in [9.17, 15) is 0 Å². The van der Waals surface area contributed by atoms with E-state index in [0.29, 0.717) is 0 Å². The van der Waals surface area contributed by atoms with Crippen LogP contribution in [-0.4, -0.2) is 12.6 Å². The van der Waals surface area contributed by atoms with Gasteiger partial charge >= 0.3 is 0 Å². The molecule has 0 amide bonds. The van der Waals surface area contributed by atoms with Crippen molar-refractivity contribution in [2.45, 2.75) is 51.5 Å². The van der Waals surface area contributed by atoms with E-state index in [1.807, 2.05) is 0 Å². The molecule has 70 valence electrons. The molecule has 1 N–H and O–H groups in total. The van der Waals surface area contributed by atoms with E-state index in [1.54, 1.807) is 0 Å². The van der Waals surface area contributed by atoms with E-state index in [4.69, 9.17) is 0 Å². The van der Waals surface area contributed by atoms with Crippen LogP contribution in [0.25, 0.3) is 0 Å². The van der Waals surface area contributed by atoms with Gasteiger partial charge in [0.2, 0.25) is 0 Å². The molecule has 1 heterocycles. The summed E-state index contributed by atoms with van der Waals surface area (Å²) >= 11 is 0. The standard InChI is InChI=1S/C11H21N/c1-2-3-4-5-8-11-9-6-7-10-12-11/h4-5,11-12H,2-3,6-10H2,1H3. The lowest BCUT2D eigenvalue weighted by Crippen LogP contribution is -2.33. The van der Waals surface area contributed by atoms with Gasteiger partial charge in [-0.2, -0.15) is 0 Å². The quantitative estimate of drug-likeness (QED) is 0.635. The van der Waals surface area contributed by atoms with Gasteiger partial charge in [-0.05, 0) is 32.2 Å². The zero-order valence-electron chi connectivity index (χ0n) is 8.18. The van der Waals surface area contributed by atoms with Gasteiger partial charge < -0.3 is 5.32 Å². The molecule has 1 unspecified atom stereocenters. The number of allylic oxidation sites excluding steroid dienone is 1. The topological polar surface area (TPSA) is 12.0 Å². The first-order valence-electron chi connectivity index (χ1n) is 5.32. The molecule has 0 spiro atoms. The summed E-state index contributed by atoms with van der Waals surface area (Å²) < 4.78 is 0. The highest BCUT2D eigenvalue weighted by molar-refractivity contribution is 4.87. The van der Waals surface area contributed by atoms with Crippen LogP contribution in [0.2, 0.25) is 0 Å². The highest BCUT2D eigenvalue weighted by atomic mass is 14.9. The Labute approximate surface area is 76.2 Å². The first-order valence-corrected chi connectivity index (χ1v) is 5.32. The van der Waals surface area contributed by atoms with Crippen LogP contribution >= 0.6 is 0 Å². The second-order valence-electron chi connectivity index (χ2n) is 3.64. The summed E-state index contributed by atoms with van der Waals surface area (Å²) in [6.07, 6.45) is 12.6. The Hall–Kier alpha value is -0.300. The van der Waals surface area contributed by atoms with Crippen molar-refractivity contribution in [3.63, 3.8) is 0 Å². The van der Waals surface area contributed by atoms with Gasteiger partial charge in [0, 0.05) is 6.04 Å². The Morgan fingerprint density at radius 3 is 2.92 bits per heavy atom. The third kappa shape index (κ3) is 3.91. The molecule has 0 aromatic rings. The van der Waals surface area contributed by atoms with Crippen molar-refractivity contribution in [2.24, 2.45) is 0 Å². The molecule has 12 heavy (non-hydrogen) atoms. The smallest absolute Gasteiger partial charge is 0.0102 e. The minimum absolute atomic E-state index is 0.770. The van der Waals surface area contributed by atoms with Gasteiger partial charge in [-0.15, -0.1) is 0 Å². The monoisotopic (exact) mass is 167 g/mol. The fraction of sp³-hybridized carbons (Fsp3) is 0.818. The van der Waals surface area contributed by atoms with Crippen molar-refractivity contribution in [1.29, 1.82) is 0 Å². The van der Waals surface area contributed by atoms with Crippen LogP contribution in [0.3, 0.4) is 0 Å². The minimum Gasteiger partial charge on any atom is -0.314 e. The van der Waals surface area contributed by atoms with Crippen molar-refractivity contribution in [3.05, 3.63) is 12.2 Å². The highest BCUT2D eigenvalue weighted by Crippen LogP contribution is 2.10. The van der Waals surface area contributed by atoms with E-state index in [1.165, 1.54) is 45.1 Å². The SMILES string of the molecule is CCCC=CCC1CCCCN1. The summed E-state index contributed by atoms with van der Waals surface area (Å²) in [7, 11) is 0. The molecule has 1 rings (SSSR count). The largest absolute Gasteiger partial charge is 0.314 e. The molecule has 1 aliphatic heterocycles. The van der Waals surface area contributed by atoms with Gasteiger partial charge in [0.05, 0.1) is 0 Å². The Bertz CT molecular complexity index is 123. The molecule has 1 atom stereocenters. The van der Waals surface area contributed by atoms with Crippen molar-refractivity contribution in [1.82, 2.24) is 5.32 Å². The van der Waals surface area contributed by atoms with Crippen molar-refractivity contribution in [2.75, 3.05) is 6.54 Å². The molecular formula is C11H21N. The Morgan fingerprint density at radius 2 is 2.25 bits per heavy atom. The van der Waals surface area contributed by atoms with Crippen LogP contribution in [0.1, 0.15) is 45.4 Å². The number of hydrogen-bond donors (Lipinski definition) is 1. The second kappa shape index (κ2) is 6.24. The molecule has 1 nitrogen and oxygen atoms in total. The van der Waals surface area contributed by atoms with Crippen LogP contribution in [0.4, 0.5) is 0 Å². The summed E-state index contributed by atoms with van der Waals surface area (Å²) in [5.41, 5.74) is 0. The van der Waals surface area contributed by atoms with E-state index in [2.05, 4.69) is 24.4 Å². The molecule has 0 saturated carbocycles. The average molecular weight is 167 g/mol. The summed E-state index contributed by atoms with van der Waals surface area (Å²) in [5, 5.41) is 3.54. The van der Waals surface area contributed by atoms with Crippen molar-refractivity contribution < 1.29 is 0 Å². The number of piperidine rings is 1. The van der Waals surface area contributed by atoms with Crippen LogP contribution < -0.4 is 5.32 Å². The van der Waals surface area contributed by atoms with Crippen molar-refractivity contribution >= 4 is 0 Å². The molecule has 0 radical (unpaired) electrons. The number of hydrogen-bond acceptors (Lipinski definition) is 1. The van der Waals surface area contributed by atoms with E-state index in [0.717, 1.165) is 6.04 Å². The van der Waals surface area contributed by atoms with Crippen LogP contribution in [-0.2, 0) is 0 Å². The van der Waals surface area contributed by atoms with E-state index >= 15 is 0 Å². The summed E-state index contributed by atoms with van der Waals surface area (Å²) in [5.74, 6) is 0. The predicted octanol–water partition coefficient (Wildman–Crippen LogP) is 2.87. The lowest BCUT2D eigenvalue weighted by atomic mass is 10.0. The van der Waals surface area contributed by atoms with Crippen molar-refractivity contribution in [3.8, 4) is 0 Å². The Balaban J connectivity index is 2.04. The molecule has 1 fully saturated rings. The Morgan fingerprint density at radius 1 is 1.33 bits per heavy atom.